The molecule has 0 N–H and O–H groups in total. The Morgan fingerprint density at radius 2 is 1.38 bits per heavy atom. The van der Waals surface area contributed by atoms with Crippen molar-refractivity contribution in [1.29, 1.82) is 5.26 Å². The van der Waals surface area contributed by atoms with Crippen molar-refractivity contribution < 1.29 is 57.1 Å². The number of hydrogen-bond donors (Lipinski definition) is 0. The number of benzene rings is 3. The number of hydrogen-bond acceptors (Lipinski definition) is 13. The number of methoxy groups -OCH3 is 1. The van der Waals surface area contributed by atoms with Crippen LogP contribution in [0.5, 0.6) is 40.2 Å². The van der Waals surface area contributed by atoms with Crippen LogP contribution in [0.3, 0.4) is 0 Å². The van der Waals surface area contributed by atoms with Crippen LogP contribution in [-0.2, 0) is 30.3 Å². The summed E-state index contributed by atoms with van der Waals surface area (Å²) >= 11 is 0. The van der Waals surface area contributed by atoms with Gasteiger partial charge in [0, 0.05) is 62.9 Å². The molecule has 0 saturated heterocycles. The molecule has 0 amide bonds. The molecule has 4 atom stereocenters. The van der Waals surface area contributed by atoms with Gasteiger partial charge in [0.05, 0.1) is 19.6 Å². The van der Waals surface area contributed by atoms with Crippen LogP contribution in [-0.4, -0.2) is 43.2 Å². The Morgan fingerprint density at radius 3 is 2.04 bits per heavy atom. The maximum atomic E-state index is 12.2. The number of nitriles is 1. The molecule has 2 aliphatic heterocycles. The smallest absolute Gasteiger partial charge is 0.308 e. The van der Waals surface area contributed by atoms with Gasteiger partial charge in [-0.2, -0.15) is 5.26 Å². The SMILES string of the molecule is COc1cc([C@H]2Oc3cc([C@H]4Oc5cc(OC(C)=O)cc(OC(C)=O)c5C[C@@H]4OC(C)=O)ccc3O[C@@H]2CC#N)ccc1OC(C)=O. The van der Waals surface area contributed by atoms with Crippen molar-refractivity contribution >= 4 is 23.9 Å². The molecule has 0 saturated carbocycles. The summed E-state index contributed by atoms with van der Waals surface area (Å²) in [5, 5.41) is 9.53. The first-order chi connectivity index (χ1) is 22.4. The third kappa shape index (κ3) is 7.38. The molecule has 3 aromatic carbocycles. The summed E-state index contributed by atoms with van der Waals surface area (Å²) in [4.78, 5) is 47.3. The Balaban J connectivity index is 1.52. The lowest BCUT2D eigenvalue weighted by Crippen LogP contribution is -2.35. The standard InChI is InChI=1S/C34H31NO12/c1-17(36)41-23-14-28(43-19(3)38)24-16-32(44-20(4)39)34(46-29(24)15-23)22-7-9-26-31(13-22)47-33(27(45-26)10-11-35)21-6-8-25(42-18(2)37)30(12-21)40-5/h6-9,12-15,27,32-34H,10,16H2,1-5H3/t27-,32+,33-,34-/m1/s1. The fourth-order valence-corrected chi connectivity index (χ4v) is 5.44. The highest BCUT2D eigenvalue weighted by Crippen LogP contribution is 2.47. The predicted octanol–water partition coefficient (Wildman–Crippen LogP) is 4.87. The van der Waals surface area contributed by atoms with Gasteiger partial charge in [-0.3, -0.25) is 19.2 Å². The molecule has 0 aliphatic carbocycles. The van der Waals surface area contributed by atoms with E-state index in [2.05, 4.69) is 6.07 Å². The molecule has 0 bridgehead atoms. The second-order valence-corrected chi connectivity index (χ2v) is 10.7. The molecular formula is C34H31NO12. The van der Waals surface area contributed by atoms with Crippen LogP contribution in [0.25, 0.3) is 0 Å². The highest BCUT2D eigenvalue weighted by molar-refractivity contribution is 5.73. The van der Waals surface area contributed by atoms with Gasteiger partial charge >= 0.3 is 23.9 Å². The summed E-state index contributed by atoms with van der Waals surface area (Å²) in [5.41, 5.74) is 1.60. The van der Waals surface area contributed by atoms with E-state index in [9.17, 15) is 24.4 Å². The normalized spacial score (nSPS) is 19.1. The molecule has 2 heterocycles. The molecule has 244 valence electrons. The molecule has 0 unspecified atom stereocenters. The molecule has 0 fully saturated rings. The van der Waals surface area contributed by atoms with Gasteiger partial charge in [0.25, 0.3) is 0 Å². The van der Waals surface area contributed by atoms with Crippen LogP contribution in [0.15, 0.2) is 48.5 Å². The minimum absolute atomic E-state index is 0.00620. The van der Waals surface area contributed by atoms with E-state index in [1.807, 2.05) is 0 Å². The van der Waals surface area contributed by atoms with Gasteiger partial charge in [0.1, 0.15) is 23.4 Å². The van der Waals surface area contributed by atoms with E-state index in [0.717, 1.165) is 0 Å². The average molecular weight is 646 g/mol. The van der Waals surface area contributed by atoms with Gasteiger partial charge in [0.2, 0.25) is 0 Å². The largest absolute Gasteiger partial charge is 0.493 e. The van der Waals surface area contributed by atoms with Gasteiger partial charge in [0.15, 0.2) is 41.3 Å². The molecule has 13 heteroatoms. The van der Waals surface area contributed by atoms with Crippen LogP contribution in [0.4, 0.5) is 0 Å². The average Bonchev–Trinajstić information content (AvgIpc) is 3.00. The summed E-state index contributed by atoms with van der Waals surface area (Å²) in [6.07, 6.45) is -3.04. The van der Waals surface area contributed by atoms with Gasteiger partial charge < -0.3 is 37.9 Å². The molecule has 47 heavy (non-hydrogen) atoms. The molecule has 5 rings (SSSR count). The van der Waals surface area contributed by atoms with E-state index in [-0.39, 0.29) is 41.6 Å². The maximum Gasteiger partial charge on any atom is 0.308 e. The van der Waals surface area contributed by atoms with E-state index < -0.39 is 48.3 Å². The number of carbonyl (C=O) groups is 4. The van der Waals surface area contributed by atoms with E-state index in [4.69, 9.17) is 37.9 Å². The van der Waals surface area contributed by atoms with Crippen molar-refractivity contribution in [2.45, 2.75) is 65.0 Å². The van der Waals surface area contributed by atoms with Crippen LogP contribution in [0, 0.1) is 11.3 Å². The zero-order chi connectivity index (χ0) is 33.8. The monoisotopic (exact) mass is 645 g/mol. The minimum Gasteiger partial charge on any atom is -0.493 e. The number of esters is 4. The quantitative estimate of drug-likeness (QED) is 0.241. The van der Waals surface area contributed by atoms with Gasteiger partial charge in [-0.05, 0) is 24.3 Å². The van der Waals surface area contributed by atoms with Crippen molar-refractivity contribution in [2.24, 2.45) is 0 Å². The van der Waals surface area contributed by atoms with Crippen molar-refractivity contribution in [3.63, 3.8) is 0 Å². The lowest BCUT2D eigenvalue weighted by molar-refractivity contribution is -0.152. The molecular weight excluding hydrogens is 614 g/mol. The van der Waals surface area contributed by atoms with Gasteiger partial charge in [-0.1, -0.05) is 12.1 Å². The number of carbonyl (C=O) groups excluding carboxylic acids is 4. The fourth-order valence-electron chi connectivity index (χ4n) is 5.44. The molecule has 13 nitrogen and oxygen atoms in total. The first kappa shape index (κ1) is 32.6. The minimum atomic E-state index is -0.864. The Labute approximate surface area is 269 Å². The number of rotatable bonds is 8. The van der Waals surface area contributed by atoms with Gasteiger partial charge in [-0.15, -0.1) is 0 Å². The molecule has 0 spiro atoms. The summed E-state index contributed by atoms with van der Waals surface area (Å²) in [6, 6.07) is 15.0. The molecule has 0 aromatic heterocycles. The van der Waals surface area contributed by atoms with E-state index in [1.54, 1.807) is 36.4 Å². The second kappa shape index (κ2) is 13.7. The van der Waals surface area contributed by atoms with Crippen LogP contribution >= 0.6 is 0 Å². The topological polar surface area (TPSA) is 166 Å². The van der Waals surface area contributed by atoms with Crippen LogP contribution in [0.2, 0.25) is 0 Å². The first-order valence-electron chi connectivity index (χ1n) is 14.5. The van der Waals surface area contributed by atoms with Crippen LogP contribution in [0.1, 0.15) is 63.0 Å². The van der Waals surface area contributed by atoms with Crippen molar-refractivity contribution in [2.75, 3.05) is 7.11 Å². The molecule has 3 aromatic rings. The highest BCUT2D eigenvalue weighted by Gasteiger charge is 2.39. The van der Waals surface area contributed by atoms with Gasteiger partial charge in [-0.25, -0.2) is 0 Å². The summed E-state index contributed by atoms with van der Waals surface area (Å²) < 4.78 is 45.9. The van der Waals surface area contributed by atoms with Crippen LogP contribution < -0.4 is 33.2 Å². The predicted molar refractivity (Wildman–Crippen MR) is 160 cm³/mol. The first-order valence-corrected chi connectivity index (χ1v) is 14.5. The summed E-state index contributed by atoms with van der Waals surface area (Å²) in [6.45, 7) is 5.02. The van der Waals surface area contributed by atoms with Crippen molar-refractivity contribution in [3.8, 4) is 46.3 Å². The molecule has 0 radical (unpaired) electrons. The fraction of sp³-hybridized carbons (Fsp3) is 0.324. The number of ether oxygens (including phenoxy) is 8. The zero-order valence-electron chi connectivity index (χ0n) is 26.2. The Morgan fingerprint density at radius 1 is 0.723 bits per heavy atom. The lowest BCUT2D eigenvalue weighted by atomic mass is 9.93. The van der Waals surface area contributed by atoms with E-state index in [0.29, 0.717) is 28.2 Å². The van der Waals surface area contributed by atoms with Crippen molar-refractivity contribution in [1.82, 2.24) is 0 Å². The van der Waals surface area contributed by atoms with E-state index >= 15 is 0 Å². The number of fused-ring (bicyclic) bond motifs is 2. The Bertz CT molecular complexity index is 1780. The Kier molecular flexibility index (Phi) is 9.51. The third-order valence-corrected chi connectivity index (χ3v) is 7.20. The number of nitrogens with zero attached hydrogens (tertiary/aromatic N) is 1. The summed E-state index contributed by atoms with van der Waals surface area (Å²) in [7, 11) is 1.44. The Hall–Kier alpha value is -5.77. The third-order valence-electron chi connectivity index (χ3n) is 7.20. The summed E-state index contributed by atoms with van der Waals surface area (Å²) in [5.74, 6) is -0.578. The maximum absolute atomic E-state index is 12.2. The highest BCUT2D eigenvalue weighted by atomic mass is 16.6. The molecule has 2 aliphatic rings. The zero-order valence-corrected chi connectivity index (χ0v) is 26.2. The lowest BCUT2D eigenvalue weighted by Gasteiger charge is -2.36. The van der Waals surface area contributed by atoms with Crippen molar-refractivity contribution in [3.05, 3.63) is 65.2 Å². The van der Waals surface area contributed by atoms with E-state index in [1.165, 1.54) is 46.9 Å². The second-order valence-electron chi connectivity index (χ2n) is 10.7.